The van der Waals surface area contributed by atoms with Gasteiger partial charge in [-0.3, -0.25) is 10.1 Å². The van der Waals surface area contributed by atoms with Crippen LogP contribution in [0, 0.1) is 10.1 Å². The quantitative estimate of drug-likeness (QED) is 0.156. The lowest BCUT2D eigenvalue weighted by Gasteiger charge is -2.10. The van der Waals surface area contributed by atoms with Gasteiger partial charge in [-0.1, -0.05) is 12.1 Å². The molecule has 1 aromatic heterocycles. The molecule has 12 nitrogen and oxygen atoms in total. The minimum Gasteiger partial charge on any atom is -0.507 e. The molecule has 4 aromatic rings. The van der Waals surface area contributed by atoms with Gasteiger partial charge in [-0.15, -0.1) is 0 Å². The smallest absolute Gasteiger partial charge is 0.269 e. The van der Waals surface area contributed by atoms with Gasteiger partial charge in [0.15, 0.2) is 0 Å². The van der Waals surface area contributed by atoms with Gasteiger partial charge in [0, 0.05) is 29.1 Å². The first-order valence-electron chi connectivity index (χ1n) is 10.3. The fraction of sp³-hybridized carbons (Fsp3) is 0.0435. The van der Waals surface area contributed by atoms with Gasteiger partial charge in [0.1, 0.15) is 11.5 Å². The average Bonchev–Trinajstić information content (AvgIpc) is 2.86. The number of nitrogens with one attached hydrogen (secondary N) is 3. The van der Waals surface area contributed by atoms with Crippen molar-refractivity contribution in [2.75, 3.05) is 23.2 Å². The molecular weight excluding hydrogens is 452 g/mol. The van der Waals surface area contributed by atoms with Crippen LogP contribution < -0.4 is 20.8 Å². The predicted molar refractivity (Wildman–Crippen MR) is 132 cm³/mol. The number of hydrogen-bond acceptors (Lipinski definition) is 11. The molecule has 35 heavy (non-hydrogen) atoms. The van der Waals surface area contributed by atoms with Gasteiger partial charge in [0.2, 0.25) is 17.8 Å². The van der Waals surface area contributed by atoms with E-state index in [1.54, 1.807) is 67.8 Å². The summed E-state index contributed by atoms with van der Waals surface area (Å²) >= 11 is 0. The molecule has 0 amide bonds. The van der Waals surface area contributed by atoms with Crippen LogP contribution in [-0.4, -0.2) is 38.3 Å². The number of rotatable bonds is 9. The van der Waals surface area contributed by atoms with Gasteiger partial charge in [-0.2, -0.15) is 20.1 Å². The van der Waals surface area contributed by atoms with Crippen molar-refractivity contribution >= 4 is 41.1 Å². The molecule has 0 bridgehead atoms. The third-order valence-electron chi connectivity index (χ3n) is 4.62. The Morgan fingerprint density at radius 1 is 0.886 bits per heavy atom. The van der Waals surface area contributed by atoms with Gasteiger partial charge >= 0.3 is 0 Å². The van der Waals surface area contributed by atoms with Crippen molar-refractivity contribution in [3.05, 3.63) is 88.5 Å². The highest BCUT2D eigenvalue weighted by molar-refractivity contribution is 5.83. The molecule has 3 aromatic carbocycles. The SMILES string of the molecule is COc1ccc(Nc2nc(N/N=C\c3ccccc3O)nc(Nc3ccc([N+](=O)[O-])cc3)n2)cc1. The van der Waals surface area contributed by atoms with Crippen molar-refractivity contribution in [3.63, 3.8) is 0 Å². The highest BCUT2D eigenvalue weighted by atomic mass is 16.6. The van der Waals surface area contributed by atoms with Crippen LogP contribution in [0.15, 0.2) is 77.9 Å². The molecule has 0 spiro atoms. The van der Waals surface area contributed by atoms with E-state index in [9.17, 15) is 15.2 Å². The standard InChI is InChI=1S/C23H20N8O4/c1-35-19-12-8-17(9-13-19)26-22-27-21(25-16-6-10-18(11-7-16)31(33)34)28-23(29-22)30-24-14-15-4-2-3-5-20(15)32/h2-14,32H,1H3,(H3,25,26,27,28,29,30)/b24-14-. The topological polar surface area (TPSA) is 160 Å². The number of methoxy groups -OCH3 is 1. The first kappa shape index (κ1) is 22.9. The molecule has 0 fully saturated rings. The molecule has 0 saturated carbocycles. The second-order valence-electron chi connectivity index (χ2n) is 7.02. The number of non-ortho nitro benzene ring substituents is 1. The number of benzene rings is 3. The summed E-state index contributed by atoms with van der Waals surface area (Å²) in [6.07, 6.45) is 1.43. The van der Waals surface area contributed by atoms with Gasteiger partial charge in [-0.05, 0) is 48.5 Å². The predicted octanol–water partition coefficient (Wildman–Crippen LogP) is 4.43. The normalized spacial score (nSPS) is 10.7. The zero-order valence-corrected chi connectivity index (χ0v) is 18.4. The number of hydrazone groups is 1. The molecular formula is C23H20N8O4. The molecule has 4 rings (SSSR count). The maximum atomic E-state index is 10.9. The summed E-state index contributed by atoms with van der Waals surface area (Å²) in [6.45, 7) is 0. The largest absolute Gasteiger partial charge is 0.507 e. The highest BCUT2D eigenvalue weighted by Gasteiger charge is 2.09. The number of nitrogens with zero attached hydrogens (tertiary/aromatic N) is 5. The van der Waals surface area contributed by atoms with E-state index in [1.807, 2.05) is 0 Å². The maximum absolute atomic E-state index is 10.9. The van der Waals surface area contributed by atoms with Crippen molar-refractivity contribution in [1.29, 1.82) is 0 Å². The van der Waals surface area contributed by atoms with Gasteiger partial charge in [-0.25, -0.2) is 5.43 Å². The minimum absolute atomic E-state index is 0.0334. The molecule has 0 unspecified atom stereocenters. The summed E-state index contributed by atoms with van der Waals surface area (Å²) in [6, 6.07) is 19.7. The third-order valence-corrected chi connectivity index (χ3v) is 4.62. The summed E-state index contributed by atoms with van der Waals surface area (Å²) < 4.78 is 5.17. The zero-order chi connectivity index (χ0) is 24.6. The Hall–Kier alpha value is -5.26. The lowest BCUT2D eigenvalue weighted by atomic mass is 10.2. The lowest BCUT2D eigenvalue weighted by molar-refractivity contribution is -0.384. The van der Waals surface area contributed by atoms with Crippen LogP contribution in [0.1, 0.15) is 5.56 Å². The van der Waals surface area contributed by atoms with E-state index in [-0.39, 0.29) is 29.3 Å². The van der Waals surface area contributed by atoms with Crippen LogP contribution in [0.3, 0.4) is 0 Å². The monoisotopic (exact) mass is 472 g/mol. The minimum atomic E-state index is -0.478. The van der Waals surface area contributed by atoms with E-state index in [0.29, 0.717) is 22.7 Å². The fourth-order valence-electron chi connectivity index (χ4n) is 2.89. The van der Waals surface area contributed by atoms with E-state index in [2.05, 4.69) is 36.1 Å². The first-order chi connectivity index (χ1) is 17.0. The van der Waals surface area contributed by atoms with Gasteiger partial charge < -0.3 is 20.5 Å². The first-order valence-corrected chi connectivity index (χ1v) is 10.3. The van der Waals surface area contributed by atoms with Crippen molar-refractivity contribution in [2.24, 2.45) is 5.10 Å². The van der Waals surface area contributed by atoms with Crippen molar-refractivity contribution in [2.45, 2.75) is 0 Å². The third kappa shape index (κ3) is 6.16. The number of phenols is 1. The number of ether oxygens (including phenoxy) is 1. The zero-order valence-electron chi connectivity index (χ0n) is 18.4. The number of anilines is 5. The van der Waals surface area contributed by atoms with Crippen LogP contribution >= 0.6 is 0 Å². The van der Waals surface area contributed by atoms with E-state index in [4.69, 9.17) is 4.74 Å². The summed E-state index contributed by atoms with van der Waals surface area (Å²) in [4.78, 5) is 23.4. The second kappa shape index (κ2) is 10.6. The Bertz CT molecular complexity index is 1340. The Kier molecular flexibility index (Phi) is 6.92. The molecule has 0 atom stereocenters. The highest BCUT2D eigenvalue weighted by Crippen LogP contribution is 2.22. The van der Waals surface area contributed by atoms with Crippen LogP contribution in [0.2, 0.25) is 0 Å². The second-order valence-corrected chi connectivity index (χ2v) is 7.02. The summed E-state index contributed by atoms with van der Waals surface area (Å²) in [5.41, 5.74) is 4.45. The van der Waals surface area contributed by atoms with Crippen molar-refractivity contribution < 1.29 is 14.8 Å². The average molecular weight is 472 g/mol. The van der Waals surface area contributed by atoms with Crippen molar-refractivity contribution in [1.82, 2.24) is 15.0 Å². The Labute approximate surface area is 199 Å². The Morgan fingerprint density at radius 2 is 1.46 bits per heavy atom. The molecule has 12 heteroatoms. The van der Waals surface area contributed by atoms with Crippen LogP contribution in [0.4, 0.5) is 34.9 Å². The summed E-state index contributed by atoms with van der Waals surface area (Å²) in [7, 11) is 1.58. The Morgan fingerprint density at radius 3 is 2.03 bits per heavy atom. The van der Waals surface area contributed by atoms with Crippen LogP contribution in [0.25, 0.3) is 0 Å². The molecule has 1 heterocycles. The molecule has 0 saturated heterocycles. The maximum Gasteiger partial charge on any atom is 0.269 e. The van der Waals surface area contributed by atoms with Crippen LogP contribution in [0.5, 0.6) is 11.5 Å². The molecule has 0 aliphatic carbocycles. The van der Waals surface area contributed by atoms with Gasteiger partial charge in [0.05, 0.1) is 18.2 Å². The van der Waals surface area contributed by atoms with E-state index in [1.165, 1.54) is 18.3 Å². The summed E-state index contributed by atoms with van der Waals surface area (Å²) in [5, 5.41) is 30.9. The Balaban J connectivity index is 1.58. The number of hydrogen-bond donors (Lipinski definition) is 4. The van der Waals surface area contributed by atoms with Gasteiger partial charge in [0.25, 0.3) is 5.69 Å². The number of para-hydroxylation sites is 1. The molecule has 0 radical (unpaired) electrons. The fourth-order valence-corrected chi connectivity index (χ4v) is 2.89. The summed E-state index contributed by atoms with van der Waals surface area (Å²) in [5.74, 6) is 1.29. The number of phenolic OH excluding ortho intramolecular Hbond substituents is 1. The number of nitro groups is 1. The van der Waals surface area contributed by atoms with Crippen LogP contribution in [-0.2, 0) is 0 Å². The molecule has 0 aliphatic heterocycles. The lowest BCUT2D eigenvalue weighted by Crippen LogP contribution is -2.07. The molecule has 4 N–H and O–H groups in total. The number of aromatic hydroxyl groups is 1. The van der Waals surface area contributed by atoms with E-state index < -0.39 is 4.92 Å². The molecule has 0 aliphatic rings. The number of aromatic nitrogens is 3. The number of nitro benzene ring substituents is 1. The molecule has 176 valence electrons. The van der Waals surface area contributed by atoms with E-state index in [0.717, 1.165) is 0 Å². The van der Waals surface area contributed by atoms with E-state index >= 15 is 0 Å². The van der Waals surface area contributed by atoms with Crippen molar-refractivity contribution in [3.8, 4) is 11.5 Å².